The summed E-state index contributed by atoms with van der Waals surface area (Å²) in [4.78, 5) is 12.4. The summed E-state index contributed by atoms with van der Waals surface area (Å²) in [5.74, 6) is 0. The first kappa shape index (κ1) is 16.9. The van der Waals surface area contributed by atoms with Gasteiger partial charge in [0.1, 0.15) is 0 Å². The average molecular weight is 362 g/mol. The van der Waals surface area contributed by atoms with Crippen molar-refractivity contribution in [2.75, 3.05) is 0 Å². The van der Waals surface area contributed by atoms with Crippen LogP contribution in [0.4, 0.5) is 0 Å². The van der Waals surface area contributed by atoms with Gasteiger partial charge in [-0.1, -0.05) is 41.7 Å². The van der Waals surface area contributed by atoms with Gasteiger partial charge in [0.15, 0.2) is 0 Å². The quantitative estimate of drug-likeness (QED) is 0.759. The van der Waals surface area contributed by atoms with E-state index in [4.69, 9.17) is 0 Å². The summed E-state index contributed by atoms with van der Waals surface area (Å²) < 4.78 is 29.4. The van der Waals surface area contributed by atoms with Crippen molar-refractivity contribution in [1.82, 2.24) is 9.29 Å². The Morgan fingerprint density at radius 2 is 1.83 bits per heavy atom. The molecule has 0 fully saturated rings. The van der Waals surface area contributed by atoms with Gasteiger partial charge in [-0.3, -0.25) is 9.36 Å². The molecule has 0 aliphatic heterocycles. The largest absolute Gasteiger partial charge is 0.308 e. The maximum Gasteiger partial charge on any atom is 0.308 e. The molecule has 0 radical (unpaired) electrons. The maximum absolute atomic E-state index is 12.3. The lowest BCUT2D eigenvalue weighted by Crippen LogP contribution is -2.30. The molecule has 0 atom stereocenters. The fraction of sp³-hybridized carbons (Fsp3) is 0.235. The second-order valence-corrected chi connectivity index (χ2v) is 8.55. The Hall–Kier alpha value is -1.96. The number of hydrogen-bond donors (Lipinski definition) is 1. The molecule has 126 valence electrons. The van der Waals surface area contributed by atoms with Gasteiger partial charge in [0, 0.05) is 6.04 Å². The smallest absolute Gasteiger partial charge is 0.294 e. The van der Waals surface area contributed by atoms with Gasteiger partial charge in [-0.25, -0.2) is 13.1 Å². The van der Waals surface area contributed by atoms with Crippen LogP contribution in [0.25, 0.3) is 10.2 Å². The van der Waals surface area contributed by atoms with E-state index < -0.39 is 10.0 Å². The molecule has 0 aliphatic carbocycles. The van der Waals surface area contributed by atoms with E-state index in [2.05, 4.69) is 4.72 Å². The first-order valence-electron chi connectivity index (χ1n) is 7.56. The summed E-state index contributed by atoms with van der Waals surface area (Å²) in [6, 6.07) is 14.3. The summed E-state index contributed by atoms with van der Waals surface area (Å²) in [6.45, 7) is 4.01. The van der Waals surface area contributed by atoms with Crippen molar-refractivity contribution < 1.29 is 8.42 Å². The minimum atomic E-state index is -3.57. The third kappa shape index (κ3) is 3.43. The minimum absolute atomic E-state index is 0.0970. The zero-order valence-electron chi connectivity index (χ0n) is 13.4. The van der Waals surface area contributed by atoms with Crippen molar-refractivity contribution >= 4 is 31.6 Å². The summed E-state index contributed by atoms with van der Waals surface area (Å²) in [6.07, 6.45) is 0. The zero-order chi connectivity index (χ0) is 17.3. The van der Waals surface area contributed by atoms with Crippen LogP contribution in [-0.2, 0) is 16.6 Å². The Labute approximate surface area is 144 Å². The minimum Gasteiger partial charge on any atom is -0.294 e. The molecule has 1 aromatic heterocycles. The predicted molar refractivity (Wildman–Crippen MR) is 97.1 cm³/mol. The molecule has 3 rings (SSSR count). The Kier molecular flexibility index (Phi) is 4.58. The van der Waals surface area contributed by atoms with Crippen LogP contribution in [0, 0.1) is 0 Å². The van der Waals surface area contributed by atoms with Gasteiger partial charge in [-0.05, 0) is 37.6 Å². The fourth-order valence-corrected chi connectivity index (χ4v) is 4.79. The molecule has 0 bridgehead atoms. The van der Waals surface area contributed by atoms with Crippen LogP contribution in [0.5, 0.6) is 0 Å². The van der Waals surface area contributed by atoms with Gasteiger partial charge in [0.05, 0.1) is 21.7 Å². The highest BCUT2D eigenvalue weighted by Crippen LogP contribution is 2.22. The third-order valence-corrected chi connectivity index (χ3v) is 6.12. The molecule has 0 aliphatic rings. The third-order valence-electron chi connectivity index (χ3n) is 3.52. The first-order valence-corrected chi connectivity index (χ1v) is 9.86. The van der Waals surface area contributed by atoms with E-state index >= 15 is 0 Å². The number of benzene rings is 2. The molecule has 5 nitrogen and oxygen atoms in total. The summed E-state index contributed by atoms with van der Waals surface area (Å²) in [7, 11) is -3.57. The van der Waals surface area contributed by atoms with Crippen molar-refractivity contribution in [1.29, 1.82) is 0 Å². The van der Waals surface area contributed by atoms with Crippen LogP contribution >= 0.6 is 11.3 Å². The normalized spacial score (nSPS) is 12.1. The van der Waals surface area contributed by atoms with Gasteiger partial charge in [-0.2, -0.15) is 0 Å². The zero-order valence-corrected chi connectivity index (χ0v) is 15.0. The maximum atomic E-state index is 12.3. The highest BCUT2D eigenvalue weighted by molar-refractivity contribution is 7.89. The number of hydrogen-bond acceptors (Lipinski definition) is 4. The van der Waals surface area contributed by atoms with Gasteiger partial charge < -0.3 is 0 Å². The SMILES string of the molecule is CC(C)NS(=O)(=O)c1ccc2c(c1)sc(=O)n2Cc1ccccc1. The summed E-state index contributed by atoms with van der Waals surface area (Å²) >= 11 is 1.06. The summed E-state index contributed by atoms with van der Waals surface area (Å²) in [5, 5.41) is 0. The predicted octanol–water partition coefficient (Wildman–Crippen LogP) is 2.80. The van der Waals surface area contributed by atoms with Crippen LogP contribution in [0.3, 0.4) is 0 Å². The van der Waals surface area contributed by atoms with E-state index in [-0.39, 0.29) is 15.8 Å². The van der Waals surface area contributed by atoms with Crippen LogP contribution in [0.2, 0.25) is 0 Å². The molecule has 0 saturated carbocycles. The molecule has 1 heterocycles. The van der Waals surface area contributed by atoms with Crippen molar-refractivity contribution in [2.24, 2.45) is 0 Å². The van der Waals surface area contributed by atoms with Crippen LogP contribution in [-0.4, -0.2) is 19.0 Å². The van der Waals surface area contributed by atoms with E-state index in [1.165, 1.54) is 0 Å². The lowest BCUT2D eigenvalue weighted by molar-refractivity contribution is 0.570. The highest BCUT2D eigenvalue weighted by Gasteiger charge is 2.17. The monoisotopic (exact) mass is 362 g/mol. The van der Waals surface area contributed by atoms with E-state index in [0.717, 1.165) is 22.4 Å². The lowest BCUT2D eigenvalue weighted by atomic mass is 10.2. The van der Waals surface area contributed by atoms with Crippen molar-refractivity contribution in [3.63, 3.8) is 0 Å². The van der Waals surface area contributed by atoms with Crippen LogP contribution in [0.15, 0.2) is 58.2 Å². The molecular formula is C17H18N2O3S2. The highest BCUT2D eigenvalue weighted by atomic mass is 32.2. The molecule has 0 unspecified atom stereocenters. The van der Waals surface area contributed by atoms with Crippen LogP contribution < -0.4 is 9.60 Å². The molecule has 0 saturated heterocycles. The number of aromatic nitrogens is 1. The molecule has 0 amide bonds. The number of nitrogens with one attached hydrogen (secondary N) is 1. The first-order chi connectivity index (χ1) is 11.4. The van der Waals surface area contributed by atoms with Gasteiger partial charge in [0.2, 0.25) is 10.0 Å². The van der Waals surface area contributed by atoms with Gasteiger partial charge in [0.25, 0.3) is 0 Å². The number of sulfonamides is 1. The average Bonchev–Trinajstić information content (AvgIpc) is 2.82. The van der Waals surface area contributed by atoms with E-state index in [1.807, 2.05) is 30.3 Å². The standard InChI is InChI=1S/C17H18N2O3S2/c1-12(2)18-24(21,22)14-8-9-15-16(10-14)23-17(20)19(15)11-13-6-4-3-5-7-13/h3-10,12,18H,11H2,1-2H3. The fourth-order valence-electron chi connectivity index (χ4n) is 2.51. The van der Waals surface area contributed by atoms with E-state index in [0.29, 0.717) is 11.2 Å². The topological polar surface area (TPSA) is 68.2 Å². The van der Waals surface area contributed by atoms with Crippen molar-refractivity contribution in [3.8, 4) is 0 Å². The Morgan fingerprint density at radius 3 is 2.50 bits per heavy atom. The number of rotatable bonds is 5. The van der Waals surface area contributed by atoms with E-state index in [9.17, 15) is 13.2 Å². The van der Waals surface area contributed by atoms with Gasteiger partial charge >= 0.3 is 4.87 Å². The molecule has 7 heteroatoms. The molecular weight excluding hydrogens is 344 g/mol. The number of thiazole rings is 1. The van der Waals surface area contributed by atoms with Crippen molar-refractivity contribution in [2.45, 2.75) is 31.3 Å². The van der Waals surface area contributed by atoms with Crippen molar-refractivity contribution in [3.05, 3.63) is 63.8 Å². The Morgan fingerprint density at radius 1 is 1.12 bits per heavy atom. The molecule has 1 N–H and O–H groups in total. The lowest BCUT2D eigenvalue weighted by Gasteiger charge is -2.10. The Bertz CT molecular complexity index is 1020. The number of nitrogens with zero attached hydrogens (tertiary/aromatic N) is 1. The second-order valence-electron chi connectivity index (χ2n) is 5.85. The molecule has 2 aromatic carbocycles. The summed E-state index contributed by atoms with van der Waals surface area (Å²) in [5.41, 5.74) is 1.77. The molecule has 24 heavy (non-hydrogen) atoms. The van der Waals surface area contributed by atoms with E-state index in [1.54, 1.807) is 36.6 Å². The van der Waals surface area contributed by atoms with Crippen LogP contribution in [0.1, 0.15) is 19.4 Å². The molecule has 3 aromatic rings. The molecule has 0 spiro atoms. The van der Waals surface area contributed by atoms with Gasteiger partial charge in [-0.15, -0.1) is 0 Å². The second kappa shape index (κ2) is 6.51. The Balaban J connectivity index is 2.03. The number of fused-ring (bicyclic) bond motifs is 1.